The Kier molecular flexibility index (Phi) is 2.58. The van der Waals surface area contributed by atoms with Gasteiger partial charge in [-0.3, -0.25) is 4.68 Å². The van der Waals surface area contributed by atoms with E-state index in [2.05, 4.69) is 11.2 Å². The number of aryl methyl sites for hydroxylation is 1. The molecule has 2 atom stereocenters. The van der Waals surface area contributed by atoms with E-state index in [0.717, 1.165) is 6.42 Å². The Labute approximate surface area is 83.9 Å². The maximum absolute atomic E-state index is 6.28. The quantitative estimate of drug-likeness (QED) is 0.635. The molecule has 0 spiro atoms. The van der Waals surface area contributed by atoms with E-state index in [4.69, 9.17) is 11.6 Å². The molecule has 2 rings (SSSR count). The first-order valence-electron chi connectivity index (χ1n) is 4.91. The molecule has 1 saturated carbocycles. The van der Waals surface area contributed by atoms with Gasteiger partial charge in [-0.25, -0.2) is 0 Å². The second kappa shape index (κ2) is 3.70. The summed E-state index contributed by atoms with van der Waals surface area (Å²) >= 11 is 6.28. The summed E-state index contributed by atoms with van der Waals surface area (Å²) in [7, 11) is 1.95. The van der Waals surface area contributed by atoms with Crippen molar-refractivity contribution in [2.75, 3.05) is 0 Å². The molecule has 0 amide bonds. The number of hydrogen-bond donors (Lipinski definition) is 0. The molecule has 1 heterocycles. The minimum absolute atomic E-state index is 0.295. The lowest BCUT2D eigenvalue weighted by atomic mass is 9.86. The Hall–Kier alpha value is -0.500. The number of hydrogen-bond acceptors (Lipinski definition) is 1. The first-order chi connectivity index (χ1) is 6.27. The SMILES string of the molecule is Cn1ccc(C2CCCCC2Cl)n1. The third-order valence-electron chi connectivity index (χ3n) is 2.80. The zero-order chi connectivity index (χ0) is 9.26. The highest BCUT2D eigenvalue weighted by Gasteiger charge is 2.26. The second-order valence-electron chi connectivity index (χ2n) is 3.82. The van der Waals surface area contributed by atoms with E-state index >= 15 is 0 Å². The minimum atomic E-state index is 0.295. The van der Waals surface area contributed by atoms with Gasteiger partial charge in [0.1, 0.15) is 0 Å². The molecule has 72 valence electrons. The average Bonchev–Trinajstić information content (AvgIpc) is 2.53. The fraction of sp³-hybridized carbons (Fsp3) is 0.700. The molecule has 0 radical (unpaired) electrons. The molecule has 1 aromatic rings. The molecule has 13 heavy (non-hydrogen) atoms. The predicted molar refractivity (Wildman–Crippen MR) is 54.1 cm³/mol. The van der Waals surface area contributed by atoms with Crippen LogP contribution in [0.15, 0.2) is 12.3 Å². The standard InChI is InChI=1S/C10H15ClN2/c1-13-7-6-10(12-13)8-4-2-3-5-9(8)11/h6-9H,2-5H2,1H3. The topological polar surface area (TPSA) is 17.8 Å². The highest BCUT2D eigenvalue weighted by Crippen LogP contribution is 2.35. The van der Waals surface area contributed by atoms with Crippen LogP contribution in [0.4, 0.5) is 0 Å². The molecule has 2 nitrogen and oxygen atoms in total. The number of rotatable bonds is 1. The lowest BCUT2D eigenvalue weighted by molar-refractivity contribution is 0.440. The minimum Gasteiger partial charge on any atom is -0.276 e. The van der Waals surface area contributed by atoms with Crippen molar-refractivity contribution in [1.29, 1.82) is 0 Å². The maximum atomic E-state index is 6.28. The van der Waals surface area contributed by atoms with Crippen molar-refractivity contribution >= 4 is 11.6 Å². The van der Waals surface area contributed by atoms with E-state index in [1.807, 2.05) is 17.9 Å². The highest BCUT2D eigenvalue weighted by atomic mass is 35.5. The van der Waals surface area contributed by atoms with Crippen LogP contribution in [0, 0.1) is 0 Å². The van der Waals surface area contributed by atoms with Gasteiger partial charge in [0, 0.05) is 24.5 Å². The van der Waals surface area contributed by atoms with E-state index in [1.54, 1.807) is 0 Å². The summed E-state index contributed by atoms with van der Waals surface area (Å²) in [4.78, 5) is 0. The largest absolute Gasteiger partial charge is 0.276 e. The van der Waals surface area contributed by atoms with Gasteiger partial charge < -0.3 is 0 Å². The lowest BCUT2D eigenvalue weighted by Gasteiger charge is -2.25. The van der Waals surface area contributed by atoms with E-state index < -0.39 is 0 Å². The molecular weight excluding hydrogens is 184 g/mol. The van der Waals surface area contributed by atoms with Crippen molar-refractivity contribution in [3.63, 3.8) is 0 Å². The first kappa shape index (κ1) is 9.07. The Morgan fingerprint density at radius 1 is 1.46 bits per heavy atom. The average molecular weight is 199 g/mol. The molecule has 0 aliphatic heterocycles. The van der Waals surface area contributed by atoms with Gasteiger partial charge >= 0.3 is 0 Å². The van der Waals surface area contributed by atoms with Crippen LogP contribution in [-0.2, 0) is 7.05 Å². The van der Waals surface area contributed by atoms with E-state index in [-0.39, 0.29) is 0 Å². The first-order valence-corrected chi connectivity index (χ1v) is 5.34. The van der Waals surface area contributed by atoms with Crippen molar-refractivity contribution in [2.45, 2.75) is 37.0 Å². The number of alkyl halides is 1. The number of halogens is 1. The molecule has 0 saturated heterocycles. The lowest BCUT2D eigenvalue weighted by Crippen LogP contribution is -2.18. The normalized spacial score (nSPS) is 29.1. The second-order valence-corrected chi connectivity index (χ2v) is 4.38. The Balaban J connectivity index is 2.14. The summed E-state index contributed by atoms with van der Waals surface area (Å²) < 4.78 is 1.85. The van der Waals surface area contributed by atoms with E-state index in [9.17, 15) is 0 Å². The zero-order valence-corrected chi connectivity index (χ0v) is 8.67. The van der Waals surface area contributed by atoms with Crippen LogP contribution in [0.2, 0.25) is 0 Å². The van der Waals surface area contributed by atoms with E-state index in [1.165, 1.54) is 25.0 Å². The van der Waals surface area contributed by atoms with Crippen LogP contribution in [0.5, 0.6) is 0 Å². The molecule has 0 N–H and O–H groups in total. The summed E-state index contributed by atoms with van der Waals surface area (Å²) in [5, 5.41) is 4.71. The third kappa shape index (κ3) is 1.88. The predicted octanol–water partition coefficient (Wildman–Crippen LogP) is 2.69. The molecule has 1 aliphatic rings. The Morgan fingerprint density at radius 3 is 2.85 bits per heavy atom. The van der Waals surface area contributed by atoms with Gasteiger partial charge in [0.2, 0.25) is 0 Å². The molecule has 1 fully saturated rings. The van der Waals surface area contributed by atoms with Crippen LogP contribution in [0.1, 0.15) is 37.3 Å². The molecule has 2 unspecified atom stereocenters. The molecule has 1 aromatic heterocycles. The van der Waals surface area contributed by atoms with Crippen molar-refractivity contribution < 1.29 is 0 Å². The zero-order valence-electron chi connectivity index (χ0n) is 7.91. The van der Waals surface area contributed by atoms with Crippen molar-refractivity contribution in [1.82, 2.24) is 9.78 Å². The van der Waals surface area contributed by atoms with Gasteiger partial charge in [0.05, 0.1) is 5.69 Å². The highest BCUT2D eigenvalue weighted by molar-refractivity contribution is 6.21. The van der Waals surface area contributed by atoms with Gasteiger partial charge in [0.15, 0.2) is 0 Å². The molecule has 0 bridgehead atoms. The molecule has 0 aromatic carbocycles. The molecular formula is C10H15ClN2. The van der Waals surface area contributed by atoms with Crippen LogP contribution in [-0.4, -0.2) is 15.2 Å². The van der Waals surface area contributed by atoms with Crippen LogP contribution >= 0.6 is 11.6 Å². The number of nitrogens with zero attached hydrogens (tertiary/aromatic N) is 2. The van der Waals surface area contributed by atoms with Crippen molar-refractivity contribution in [3.05, 3.63) is 18.0 Å². The maximum Gasteiger partial charge on any atom is 0.0670 e. The van der Waals surface area contributed by atoms with Crippen LogP contribution < -0.4 is 0 Å². The Morgan fingerprint density at radius 2 is 2.23 bits per heavy atom. The van der Waals surface area contributed by atoms with Gasteiger partial charge in [-0.05, 0) is 18.9 Å². The molecule has 3 heteroatoms. The summed E-state index contributed by atoms with van der Waals surface area (Å²) in [6, 6.07) is 2.09. The van der Waals surface area contributed by atoms with Crippen molar-refractivity contribution in [2.24, 2.45) is 7.05 Å². The third-order valence-corrected chi connectivity index (χ3v) is 3.32. The summed E-state index contributed by atoms with van der Waals surface area (Å²) in [5.41, 5.74) is 1.17. The fourth-order valence-electron chi connectivity index (χ4n) is 2.05. The summed E-state index contributed by atoms with van der Waals surface area (Å²) in [6.45, 7) is 0. The Bertz CT molecular complexity index is 282. The van der Waals surface area contributed by atoms with Gasteiger partial charge in [0.25, 0.3) is 0 Å². The van der Waals surface area contributed by atoms with Gasteiger partial charge in [-0.1, -0.05) is 12.8 Å². The van der Waals surface area contributed by atoms with Crippen molar-refractivity contribution in [3.8, 4) is 0 Å². The van der Waals surface area contributed by atoms with Gasteiger partial charge in [-0.2, -0.15) is 5.10 Å². The van der Waals surface area contributed by atoms with Gasteiger partial charge in [-0.15, -0.1) is 11.6 Å². The van der Waals surface area contributed by atoms with Crippen LogP contribution in [0.25, 0.3) is 0 Å². The molecule has 1 aliphatic carbocycles. The number of aromatic nitrogens is 2. The summed E-state index contributed by atoms with van der Waals surface area (Å²) in [5.74, 6) is 0.483. The smallest absolute Gasteiger partial charge is 0.0670 e. The fourth-order valence-corrected chi connectivity index (χ4v) is 2.46. The van der Waals surface area contributed by atoms with Crippen LogP contribution in [0.3, 0.4) is 0 Å². The monoisotopic (exact) mass is 198 g/mol. The summed E-state index contributed by atoms with van der Waals surface area (Å²) in [6.07, 6.45) is 6.91. The van der Waals surface area contributed by atoms with E-state index in [0.29, 0.717) is 11.3 Å².